The summed E-state index contributed by atoms with van der Waals surface area (Å²) in [5.74, 6) is 0.594. The van der Waals surface area contributed by atoms with E-state index < -0.39 is 0 Å². The molecular formula is C14H23N. The molecule has 0 saturated carbocycles. The van der Waals surface area contributed by atoms with Crippen LogP contribution in [0.3, 0.4) is 0 Å². The molecule has 0 aromatic heterocycles. The molecule has 0 bridgehead atoms. The molecule has 0 spiro atoms. The van der Waals surface area contributed by atoms with Gasteiger partial charge in [-0.1, -0.05) is 19.9 Å². The lowest BCUT2D eigenvalue weighted by molar-refractivity contribution is 0.857. The molecule has 15 heavy (non-hydrogen) atoms. The van der Waals surface area contributed by atoms with Crippen LogP contribution in [0.4, 0.5) is 5.69 Å². The summed E-state index contributed by atoms with van der Waals surface area (Å²) in [7, 11) is 0. The van der Waals surface area contributed by atoms with Gasteiger partial charge in [0.15, 0.2) is 0 Å². The van der Waals surface area contributed by atoms with E-state index in [-0.39, 0.29) is 0 Å². The minimum atomic E-state index is 0.491. The molecule has 0 amide bonds. The molecule has 1 N–H and O–H groups in total. The number of rotatable bonds is 3. The van der Waals surface area contributed by atoms with Crippen molar-refractivity contribution in [1.82, 2.24) is 0 Å². The molecule has 1 heteroatoms. The molecule has 0 fully saturated rings. The smallest absolute Gasteiger partial charge is 0.0377 e. The van der Waals surface area contributed by atoms with E-state index in [0.717, 1.165) is 0 Å². The van der Waals surface area contributed by atoms with Gasteiger partial charge in [0.25, 0.3) is 0 Å². The summed E-state index contributed by atoms with van der Waals surface area (Å²) < 4.78 is 0. The van der Waals surface area contributed by atoms with Gasteiger partial charge in [-0.3, -0.25) is 0 Å². The van der Waals surface area contributed by atoms with Crippen LogP contribution in [0, 0.1) is 13.8 Å². The summed E-state index contributed by atoms with van der Waals surface area (Å²) in [5, 5.41) is 3.51. The normalized spacial score (nSPS) is 11.2. The van der Waals surface area contributed by atoms with E-state index in [4.69, 9.17) is 0 Å². The lowest BCUT2D eigenvalue weighted by Gasteiger charge is -2.17. The van der Waals surface area contributed by atoms with Crippen LogP contribution in [0.15, 0.2) is 12.1 Å². The van der Waals surface area contributed by atoms with Crippen molar-refractivity contribution in [2.24, 2.45) is 0 Å². The van der Waals surface area contributed by atoms with Crippen molar-refractivity contribution < 1.29 is 0 Å². The van der Waals surface area contributed by atoms with Crippen molar-refractivity contribution in [3.05, 3.63) is 28.8 Å². The molecule has 0 radical (unpaired) electrons. The zero-order valence-corrected chi connectivity index (χ0v) is 10.8. The number of benzene rings is 1. The van der Waals surface area contributed by atoms with E-state index in [9.17, 15) is 0 Å². The van der Waals surface area contributed by atoms with Crippen LogP contribution in [0.5, 0.6) is 0 Å². The molecule has 84 valence electrons. The maximum Gasteiger partial charge on any atom is 0.0377 e. The SMILES string of the molecule is Cc1cc(C(C)C)cc(NC(C)C)c1C. The van der Waals surface area contributed by atoms with Crippen molar-refractivity contribution >= 4 is 5.69 Å². The van der Waals surface area contributed by atoms with Gasteiger partial charge in [-0.15, -0.1) is 0 Å². The average molecular weight is 205 g/mol. The number of nitrogens with one attached hydrogen (secondary N) is 1. The standard InChI is InChI=1S/C14H23N/c1-9(2)13-7-11(5)12(6)14(8-13)15-10(3)4/h7-10,15H,1-6H3. The van der Waals surface area contributed by atoms with Gasteiger partial charge in [-0.2, -0.15) is 0 Å². The summed E-state index contributed by atoms with van der Waals surface area (Å²) in [5.41, 5.74) is 5.45. The zero-order chi connectivity index (χ0) is 11.6. The molecule has 1 rings (SSSR count). The van der Waals surface area contributed by atoms with Gasteiger partial charge in [0.05, 0.1) is 0 Å². The second kappa shape index (κ2) is 4.69. The maximum absolute atomic E-state index is 3.51. The Bertz CT molecular complexity index is 337. The molecule has 1 nitrogen and oxygen atoms in total. The van der Waals surface area contributed by atoms with Gasteiger partial charge in [0.2, 0.25) is 0 Å². The first kappa shape index (κ1) is 12.1. The van der Waals surface area contributed by atoms with Gasteiger partial charge in [-0.25, -0.2) is 0 Å². The second-order valence-electron chi connectivity index (χ2n) is 4.96. The highest BCUT2D eigenvalue weighted by Gasteiger charge is 2.07. The van der Waals surface area contributed by atoms with Crippen LogP contribution in [-0.4, -0.2) is 6.04 Å². The number of hydrogen-bond acceptors (Lipinski definition) is 1. The Balaban J connectivity index is 3.13. The third-order valence-corrected chi connectivity index (χ3v) is 2.80. The van der Waals surface area contributed by atoms with Crippen LogP contribution in [-0.2, 0) is 0 Å². The Labute approximate surface area is 93.9 Å². The van der Waals surface area contributed by atoms with E-state index in [1.54, 1.807) is 0 Å². The summed E-state index contributed by atoms with van der Waals surface area (Å²) in [6, 6.07) is 5.07. The van der Waals surface area contributed by atoms with Crippen LogP contribution >= 0.6 is 0 Å². The minimum absolute atomic E-state index is 0.491. The minimum Gasteiger partial charge on any atom is -0.383 e. The third-order valence-electron chi connectivity index (χ3n) is 2.80. The van der Waals surface area contributed by atoms with Crippen LogP contribution in [0.2, 0.25) is 0 Å². The number of anilines is 1. The molecule has 0 aliphatic rings. The fourth-order valence-corrected chi connectivity index (χ4v) is 1.68. The first-order valence-corrected chi connectivity index (χ1v) is 5.79. The van der Waals surface area contributed by atoms with Crippen molar-refractivity contribution in [1.29, 1.82) is 0 Å². The first-order valence-electron chi connectivity index (χ1n) is 5.79. The molecule has 0 unspecified atom stereocenters. The Kier molecular flexibility index (Phi) is 3.78. The Hall–Kier alpha value is -0.980. The highest BCUT2D eigenvalue weighted by atomic mass is 14.9. The summed E-state index contributed by atoms with van der Waals surface area (Å²) in [6.07, 6.45) is 0. The van der Waals surface area contributed by atoms with Crippen LogP contribution in [0.1, 0.15) is 50.3 Å². The zero-order valence-electron chi connectivity index (χ0n) is 10.8. The predicted octanol–water partition coefficient (Wildman–Crippen LogP) is 4.25. The lowest BCUT2D eigenvalue weighted by Crippen LogP contribution is -2.11. The molecule has 0 aliphatic heterocycles. The molecule has 1 aromatic rings. The van der Waals surface area contributed by atoms with E-state index in [0.29, 0.717) is 12.0 Å². The third kappa shape index (κ3) is 2.98. The van der Waals surface area contributed by atoms with Gasteiger partial charge in [0.1, 0.15) is 0 Å². The molecule has 0 aliphatic carbocycles. The van der Waals surface area contributed by atoms with E-state index in [1.165, 1.54) is 22.4 Å². The summed E-state index contributed by atoms with van der Waals surface area (Å²) in [6.45, 7) is 13.2. The Morgan fingerprint density at radius 3 is 2.07 bits per heavy atom. The molecular weight excluding hydrogens is 182 g/mol. The van der Waals surface area contributed by atoms with Gasteiger partial charge in [-0.05, 0) is 56.4 Å². The average Bonchev–Trinajstić information content (AvgIpc) is 2.11. The molecule has 1 aromatic carbocycles. The quantitative estimate of drug-likeness (QED) is 0.778. The van der Waals surface area contributed by atoms with E-state index in [1.807, 2.05) is 0 Å². The monoisotopic (exact) mass is 205 g/mol. The Morgan fingerprint density at radius 2 is 1.60 bits per heavy atom. The molecule has 0 atom stereocenters. The highest BCUT2D eigenvalue weighted by Crippen LogP contribution is 2.26. The van der Waals surface area contributed by atoms with Crippen LogP contribution in [0.25, 0.3) is 0 Å². The van der Waals surface area contributed by atoms with Crippen molar-refractivity contribution in [2.45, 2.75) is 53.5 Å². The fourth-order valence-electron chi connectivity index (χ4n) is 1.68. The van der Waals surface area contributed by atoms with E-state index in [2.05, 4.69) is 59.0 Å². The Morgan fingerprint density at radius 1 is 1.00 bits per heavy atom. The van der Waals surface area contributed by atoms with Crippen molar-refractivity contribution in [2.75, 3.05) is 5.32 Å². The first-order chi connectivity index (χ1) is 6.91. The van der Waals surface area contributed by atoms with Gasteiger partial charge in [0, 0.05) is 11.7 Å². The second-order valence-corrected chi connectivity index (χ2v) is 4.96. The summed E-state index contributed by atoms with van der Waals surface area (Å²) >= 11 is 0. The summed E-state index contributed by atoms with van der Waals surface area (Å²) in [4.78, 5) is 0. The topological polar surface area (TPSA) is 12.0 Å². The molecule has 0 heterocycles. The van der Waals surface area contributed by atoms with E-state index >= 15 is 0 Å². The molecule has 0 saturated heterocycles. The largest absolute Gasteiger partial charge is 0.383 e. The fraction of sp³-hybridized carbons (Fsp3) is 0.571. The highest BCUT2D eigenvalue weighted by molar-refractivity contribution is 5.57. The van der Waals surface area contributed by atoms with Crippen molar-refractivity contribution in [3.8, 4) is 0 Å². The number of aryl methyl sites for hydroxylation is 1. The van der Waals surface area contributed by atoms with Gasteiger partial charge < -0.3 is 5.32 Å². The lowest BCUT2D eigenvalue weighted by atomic mass is 9.96. The van der Waals surface area contributed by atoms with Crippen LogP contribution < -0.4 is 5.32 Å². The van der Waals surface area contributed by atoms with Gasteiger partial charge >= 0.3 is 0 Å². The predicted molar refractivity (Wildman–Crippen MR) is 68.8 cm³/mol. The number of hydrogen-bond donors (Lipinski definition) is 1. The van der Waals surface area contributed by atoms with Crippen molar-refractivity contribution in [3.63, 3.8) is 0 Å². The maximum atomic E-state index is 3.51.